The first-order valence-electron chi connectivity index (χ1n) is 9.12. The molecule has 0 radical (unpaired) electrons. The second kappa shape index (κ2) is 7.96. The minimum Gasteiger partial charge on any atom is -0.325 e. The number of fused-ring (bicyclic) bond motifs is 1. The van der Waals surface area contributed by atoms with Crippen molar-refractivity contribution >= 4 is 39.1 Å². The fourth-order valence-corrected chi connectivity index (χ4v) is 3.83. The van der Waals surface area contributed by atoms with Crippen LogP contribution in [0.2, 0.25) is 0 Å². The van der Waals surface area contributed by atoms with Gasteiger partial charge in [-0.2, -0.15) is 4.37 Å². The summed E-state index contributed by atoms with van der Waals surface area (Å²) >= 11 is 1.06. The number of anilines is 1. The lowest BCUT2D eigenvalue weighted by Crippen LogP contribution is -2.29. The van der Waals surface area contributed by atoms with Crippen LogP contribution < -0.4 is 10.9 Å². The Labute approximate surface area is 175 Å². The van der Waals surface area contributed by atoms with Gasteiger partial charge in [-0.05, 0) is 61.8 Å². The van der Waals surface area contributed by atoms with Crippen molar-refractivity contribution in [3.05, 3.63) is 70.5 Å². The van der Waals surface area contributed by atoms with Crippen molar-refractivity contribution in [2.75, 3.05) is 5.32 Å². The summed E-state index contributed by atoms with van der Waals surface area (Å²) in [5.41, 5.74) is 2.77. The Morgan fingerprint density at radius 2 is 1.80 bits per heavy atom. The molecule has 0 spiro atoms. The first-order valence-corrected chi connectivity index (χ1v) is 9.89. The molecule has 0 aliphatic rings. The van der Waals surface area contributed by atoms with Gasteiger partial charge in [-0.3, -0.25) is 23.9 Å². The Morgan fingerprint density at radius 3 is 2.47 bits per heavy atom. The number of benzene rings is 1. The Kier molecular flexibility index (Phi) is 5.20. The van der Waals surface area contributed by atoms with Gasteiger partial charge in [0, 0.05) is 29.2 Å². The molecule has 150 valence electrons. The molecule has 4 rings (SSSR count). The number of nitrogens with zero attached hydrogens (tertiary/aromatic N) is 4. The normalized spacial score (nSPS) is 10.9. The molecule has 0 aliphatic carbocycles. The lowest BCUT2D eigenvalue weighted by atomic mass is 10.1. The zero-order chi connectivity index (χ0) is 21.3. The molecule has 8 nitrogen and oxygen atoms in total. The number of amides is 1. The maximum Gasteiger partial charge on any atom is 0.273 e. The summed E-state index contributed by atoms with van der Waals surface area (Å²) in [5, 5.41) is 2.73. The van der Waals surface area contributed by atoms with E-state index in [0.29, 0.717) is 33.0 Å². The molecule has 3 heterocycles. The second-order valence-electron chi connectivity index (χ2n) is 6.68. The Hall–Kier alpha value is -3.72. The van der Waals surface area contributed by atoms with Crippen LogP contribution in [0.1, 0.15) is 23.1 Å². The molecule has 1 aromatic carbocycles. The zero-order valence-corrected chi connectivity index (χ0v) is 17.1. The van der Waals surface area contributed by atoms with Crippen LogP contribution in [0.3, 0.4) is 0 Å². The van der Waals surface area contributed by atoms with Gasteiger partial charge in [-0.25, -0.2) is 4.98 Å². The van der Waals surface area contributed by atoms with E-state index in [1.165, 1.54) is 11.5 Å². The van der Waals surface area contributed by atoms with Crippen LogP contribution in [0.25, 0.3) is 21.5 Å². The van der Waals surface area contributed by atoms with E-state index < -0.39 is 0 Å². The lowest BCUT2D eigenvalue weighted by molar-refractivity contribution is -0.116. The smallest absolute Gasteiger partial charge is 0.273 e. The van der Waals surface area contributed by atoms with Crippen molar-refractivity contribution < 1.29 is 9.59 Å². The van der Waals surface area contributed by atoms with Gasteiger partial charge in [-0.15, -0.1) is 0 Å². The minimum absolute atomic E-state index is 0.0508. The molecule has 3 aromatic heterocycles. The summed E-state index contributed by atoms with van der Waals surface area (Å²) in [7, 11) is 0. The van der Waals surface area contributed by atoms with Gasteiger partial charge < -0.3 is 5.32 Å². The third-order valence-corrected chi connectivity index (χ3v) is 5.43. The first kappa shape index (κ1) is 19.6. The van der Waals surface area contributed by atoms with E-state index in [2.05, 4.69) is 19.7 Å². The zero-order valence-electron chi connectivity index (χ0n) is 16.2. The van der Waals surface area contributed by atoms with Gasteiger partial charge in [-0.1, -0.05) is 0 Å². The second-order valence-corrected chi connectivity index (χ2v) is 7.45. The Bertz CT molecular complexity index is 1310. The van der Waals surface area contributed by atoms with E-state index in [1.807, 2.05) is 12.1 Å². The fraction of sp³-hybridized carbons (Fsp3) is 0.143. The molecule has 0 aliphatic heterocycles. The first-order chi connectivity index (χ1) is 14.4. The highest BCUT2D eigenvalue weighted by atomic mass is 32.1. The maximum atomic E-state index is 13.0. The quantitative estimate of drug-likeness (QED) is 0.498. The molecular weight excluding hydrogens is 402 g/mol. The van der Waals surface area contributed by atoms with Crippen LogP contribution >= 0.6 is 11.5 Å². The highest BCUT2D eigenvalue weighted by Gasteiger charge is 2.18. The van der Waals surface area contributed by atoms with Crippen molar-refractivity contribution in [3.8, 4) is 11.3 Å². The molecule has 30 heavy (non-hydrogen) atoms. The summed E-state index contributed by atoms with van der Waals surface area (Å²) < 4.78 is 6.11. The van der Waals surface area contributed by atoms with Crippen molar-refractivity contribution in [2.24, 2.45) is 0 Å². The molecule has 0 bridgehead atoms. The molecule has 4 aromatic rings. The number of hydrogen-bond donors (Lipinski definition) is 1. The van der Waals surface area contributed by atoms with Crippen LogP contribution in [-0.4, -0.2) is 30.6 Å². The lowest BCUT2D eigenvalue weighted by Gasteiger charge is -2.10. The number of Topliss-reactive ketones (excluding diaryl/α,β-unsaturated/α-hetero) is 1. The summed E-state index contributed by atoms with van der Waals surface area (Å²) in [6.45, 7) is 2.99. The summed E-state index contributed by atoms with van der Waals surface area (Å²) in [4.78, 5) is 45.3. The number of nitrogens with one attached hydrogen (secondary N) is 1. The average molecular weight is 419 g/mol. The van der Waals surface area contributed by atoms with E-state index in [1.54, 1.807) is 43.6 Å². The third kappa shape index (κ3) is 3.74. The number of ketones is 1. The Balaban J connectivity index is 1.61. The predicted octanol–water partition coefficient (Wildman–Crippen LogP) is 3.06. The largest absolute Gasteiger partial charge is 0.325 e. The van der Waals surface area contributed by atoms with Gasteiger partial charge in [0.2, 0.25) is 5.91 Å². The van der Waals surface area contributed by atoms with Crippen LogP contribution in [0, 0.1) is 6.92 Å². The summed E-state index contributed by atoms with van der Waals surface area (Å²) in [6, 6.07) is 10.2. The highest BCUT2D eigenvalue weighted by molar-refractivity contribution is 7.13. The van der Waals surface area contributed by atoms with Crippen molar-refractivity contribution in [1.82, 2.24) is 18.9 Å². The molecule has 0 saturated heterocycles. The van der Waals surface area contributed by atoms with Gasteiger partial charge in [0.1, 0.15) is 28.3 Å². The van der Waals surface area contributed by atoms with Crippen molar-refractivity contribution in [1.29, 1.82) is 0 Å². The average Bonchev–Trinajstić information content (AvgIpc) is 3.16. The van der Waals surface area contributed by atoms with E-state index in [4.69, 9.17) is 0 Å². The van der Waals surface area contributed by atoms with E-state index in [9.17, 15) is 14.4 Å². The van der Waals surface area contributed by atoms with E-state index in [0.717, 1.165) is 17.1 Å². The number of hydrogen-bond acceptors (Lipinski definition) is 7. The van der Waals surface area contributed by atoms with Gasteiger partial charge in [0.05, 0.1) is 0 Å². The topological polar surface area (TPSA) is 107 Å². The molecular formula is C21H17N5O3S. The number of carbonyl (C=O) groups is 2. The van der Waals surface area contributed by atoms with Crippen molar-refractivity contribution in [2.45, 2.75) is 20.4 Å². The highest BCUT2D eigenvalue weighted by Crippen LogP contribution is 2.27. The summed E-state index contributed by atoms with van der Waals surface area (Å²) in [6.07, 6.45) is 3.31. The van der Waals surface area contributed by atoms with Crippen molar-refractivity contribution in [3.63, 3.8) is 0 Å². The number of rotatable bonds is 5. The minimum atomic E-state index is -0.365. The monoisotopic (exact) mass is 419 g/mol. The fourth-order valence-electron chi connectivity index (χ4n) is 3.04. The third-order valence-electron chi connectivity index (χ3n) is 4.60. The molecule has 9 heteroatoms. The SMILES string of the molecule is CC(=O)c1ccc(NC(=O)Cn2c(C)nc3c(-c4ccncc4)nsc3c2=O)cc1. The number of aromatic nitrogens is 4. The van der Waals surface area contributed by atoms with Crippen LogP contribution in [-0.2, 0) is 11.3 Å². The van der Waals surface area contributed by atoms with Crippen LogP contribution in [0.4, 0.5) is 5.69 Å². The number of pyridine rings is 1. The molecule has 0 unspecified atom stereocenters. The molecule has 0 fully saturated rings. The maximum absolute atomic E-state index is 13.0. The molecule has 1 amide bonds. The Morgan fingerprint density at radius 1 is 1.10 bits per heavy atom. The molecule has 0 saturated carbocycles. The predicted molar refractivity (Wildman–Crippen MR) is 115 cm³/mol. The van der Waals surface area contributed by atoms with E-state index >= 15 is 0 Å². The van der Waals surface area contributed by atoms with E-state index in [-0.39, 0.29) is 23.8 Å². The number of aryl methyl sites for hydroxylation is 1. The van der Waals surface area contributed by atoms with Gasteiger partial charge >= 0.3 is 0 Å². The van der Waals surface area contributed by atoms with Gasteiger partial charge in [0.25, 0.3) is 5.56 Å². The van der Waals surface area contributed by atoms with Crippen LogP contribution in [0.5, 0.6) is 0 Å². The standard InChI is InChI=1S/C21H17N5O3S/c1-12(27)14-3-5-16(6-4-14)24-17(28)11-26-13(2)23-19-18(15-7-9-22-10-8-15)25-30-20(19)21(26)29/h3-10H,11H2,1-2H3,(H,24,28). The summed E-state index contributed by atoms with van der Waals surface area (Å²) in [5.74, 6) is 0.00556. The number of carbonyl (C=O) groups excluding carboxylic acids is 2. The molecule has 0 atom stereocenters. The van der Waals surface area contributed by atoms with Gasteiger partial charge in [0.15, 0.2) is 5.78 Å². The van der Waals surface area contributed by atoms with Crippen LogP contribution in [0.15, 0.2) is 53.6 Å². The molecule has 1 N–H and O–H groups in total.